The van der Waals surface area contributed by atoms with Crippen molar-refractivity contribution < 1.29 is 9.84 Å². The molecule has 0 saturated carbocycles. The summed E-state index contributed by atoms with van der Waals surface area (Å²) in [6.07, 6.45) is 0.550. The highest BCUT2D eigenvalue weighted by Crippen LogP contribution is 2.25. The molecule has 0 aromatic heterocycles. The SMILES string of the molecule is Cc1ccc(Oc2cccc(C(N)CCO)c2)cc1. The normalized spacial score (nSPS) is 12.2. The molecule has 19 heavy (non-hydrogen) atoms. The molecular formula is C16H19NO2. The molecule has 0 spiro atoms. The third-order valence-corrected chi connectivity index (χ3v) is 2.98. The van der Waals surface area contributed by atoms with E-state index in [-0.39, 0.29) is 12.6 Å². The predicted octanol–water partition coefficient (Wildman–Crippen LogP) is 3.17. The number of aliphatic hydroxyl groups is 1. The molecule has 3 N–H and O–H groups in total. The molecule has 1 unspecified atom stereocenters. The molecule has 0 radical (unpaired) electrons. The molecule has 100 valence electrons. The van der Waals surface area contributed by atoms with Gasteiger partial charge in [-0.05, 0) is 43.2 Å². The van der Waals surface area contributed by atoms with Crippen molar-refractivity contribution in [1.29, 1.82) is 0 Å². The van der Waals surface area contributed by atoms with Crippen LogP contribution < -0.4 is 10.5 Å². The lowest BCUT2D eigenvalue weighted by Gasteiger charge is -2.12. The minimum absolute atomic E-state index is 0.0875. The van der Waals surface area contributed by atoms with Crippen LogP contribution in [0.25, 0.3) is 0 Å². The van der Waals surface area contributed by atoms with E-state index in [1.807, 2.05) is 55.5 Å². The molecule has 0 amide bonds. The van der Waals surface area contributed by atoms with Gasteiger partial charge < -0.3 is 15.6 Å². The lowest BCUT2D eigenvalue weighted by Crippen LogP contribution is -2.11. The van der Waals surface area contributed by atoms with Crippen LogP contribution in [-0.4, -0.2) is 11.7 Å². The summed E-state index contributed by atoms with van der Waals surface area (Å²) in [6, 6.07) is 15.4. The molecule has 0 aliphatic heterocycles. The van der Waals surface area contributed by atoms with Crippen molar-refractivity contribution in [2.24, 2.45) is 5.73 Å². The van der Waals surface area contributed by atoms with Gasteiger partial charge in [0.25, 0.3) is 0 Å². The van der Waals surface area contributed by atoms with Gasteiger partial charge in [-0.25, -0.2) is 0 Å². The van der Waals surface area contributed by atoms with Crippen LogP contribution in [0.5, 0.6) is 11.5 Å². The monoisotopic (exact) mass is 257 g/mol. The van der Waals surface area contributed by atoms with Gasteiger partial charge in [-0.3, -0.25) is 0 Å². The van der Waals surface area contributed by atoms with Gasteiger partial charge in [-0.15, -0.1) is 0 Å². The van der Waals surface area contributed by atoms with Crippen molar-refractivity contribution >= 4 is 0 Å². The van der Waals surface area contributed by atoms with E-state index >= 15 is 0 Å². The first-order chi connectivity index (χ1) is 9.19. The number of ether oxygens (including phenoxy) is 1. The maximum absolute atomic E-state index is 8.92. The average Bonchev–Trinajstić information content (AvgIpc) is 2.42. The van der Waals surface area contributed by atoms with Crippen LogP contribution in [0.1, 0.15) is 23.6 Å². The summed E-state index contributed by atoms with van der Waals surface area (Å²) in [5.41, 5.74) is 8.14. The van der Waals surface area contributed by atoms with Crippen LogP contribution in [0.4, 0.5) is 0 Å². The van der Waals surface area contributed by atoms with Gasteiger partial charge in [0.2, 0.25) is 0 Å². The van der Waals surface area contributed by atoms with Crippen LogP contribution >= 0.6 is 0 Å². The first-order valence-corrected chi connectivity index (χ1v) is 6.40. The summed E-state index contributed by atoms with van der Waals surface area (Å²) in [6.45, 7) is 2.13. The second kappa shape index (κ2) is 6.36. The highest BCUT2D eigenvalue weighted by Gasteiger charge is 2.06. The molecule has 1 atom stereocenters. The van der Waals surface area contributed by atoms with Gasteiger partial charge in [-0.2, -0.15) is 0 Å². The number of aryl methyl sites for hydroxylation is 1. The molecule has 0 aliphatic carbocycles. The molecular weight excluding hydrogens is 238 g/mol. The lowest BCUT2D eigenvalue weighted by atomic mass is 10.1. The van der Waals surface area contributed by atoms with E-state index in [4.69, 9.17) is 15.6 Å². The molecule has 2 aromatic carbocycles. The third-order valence-electron chi connectivity index (χ3n) is 2.98. The Morgan fingerprint density at radius 1 is 1.11 bits per heavy atom. The fourth-order valence-electron chi connectivity index (χ4n) is 1.86. The zero-order valence-electron chi connectivity index (χ0n) is 11.0. The van der Waals surface area contributed by atoms with Gasteiger partial charge in [0.15, 0.2) is 0 Å². The largest absolute Gasteiger partial charge is 0.457 e. The Morgan fingerprint density at radius 3 is 2.53 bits per heavy atom. The van der Waals surface area contributed by atoms with E-state index in [0.717, 1.165) is 17.1 Å². The number of rotatable bonds is 5. The molecule has 0 bridgehead atoms. The summed E-state index contributed by atoms with van der Waals surface area (Å²) >= 11 is 0. The zero-order valence-corrected chi connectivity index (χ0v) is 11.0. The van der Waals surface area contributed by atoms with Crippen molar-refractivity contribution in [3.63, 3.8) is 0 Å². The van der Waals surface area contributed by atoms with Gasteiger partial charge >= 0.3 is 0 Å². The Labute approximate surface area is 113 Å². The molecule has 0 fully saturated rings. The van der Waals surface area contributed by atoms with Crippen LogP contribution in [0.2, 0.25) is 0 Å². The molecule has 0 saturated heterocycles. The smallest absolute Gasteiger partial charge is 0.127 e. The zero-order chi connectivity index (χ0) is 13.7. The van der Waals surface area contributed by atoms with Crippen molar-refractivity contribution in [2.75, 3.05) is 6.61 Å². The molecule has 2 aromatic rings. The van der Waals surface area contributed by atoms with Crippen LogP contribution in [0.15, 0.2) is 48.5 Å². The molecule has 0 heterocycles. The standard InChI is InChI=1S/C16H19NO2/c1-12-5-7-14(8-6-12)19-15-4-2-3-13(11-15)16(17)9-10-18/h2-8,11,16,18H,9-10,17H2,1H3. The summed E-state index contributed by atoms with van der Waals surface area (Å²) in [5.74, 6) is 1.56. The van der Waals surface area contributed by atoms with E-state index in [0.29, 0.717) is 6.42 Å². The first kappa shape index (κ1) is 13.6. The van der Waals surface area contributed by atoms with Crippen molar-refractivity contribution in [3.05, 3.63) is 59.7 Å². The summed E-state index contributed by atoms with van der Waals surface area (Å²) < 4.78 is 5.78. The fourth-order valence-corrected chi connectivity index (χ4v) is 1.86. The summed E-state index contributed by atoms with van der Waals surface area (Å²) in [7, 11) is 0. The van der Waals surface area contributed by atoms with E-state index in [1.165, 1.54) is 5.56 Å². The minimum atomic E-state index is -0.161. The topological polar surface area (TPSA) is 55.5 Å². The van der Waals surface area contributed by atoms with Gasteiger partial charge in [-0.1, -0.05) is 29.8 Å². The van der Waals surface area contributed by atoms with Crippen LogP contribution in [-0.2, 0) is 0 Å². The Bertz CT molecular complexity index is 523. The Balaban J connectivity index is 2.12. The third kappa shape index (κ3) is 3.81. The van der Waals surface area contributed by atoms with E-state index < -0.39 is 0 Å². The van der Waals surface area contributed by atoms with Gasteiger partial charge in [0, 0.05) is 12.6 Å². The number of hydrogen-bond acceptors (Lipinski definition) is 3. The average molecular weight is 257 g/mol. The molecule has 2 rings (SSSR count). The molecule has 0 aliphatic rings. The number of benzene rings is 2. The van der Waals surface area contributed by atoms with Gasteiger partial charge in [0.1, 0.15) is 11.5 Å². The highest BCUT2D eigenvalue weighted by atomic mass is 16.5. The van der Waals surface area contributed by atoms with Crippen molar-refractivity contribution in [3.8, 4) is 11.5 Å². The lowest BCUT2D eigenvalue weighted by molar-refractivity contribution is 0.276. The second-order valence-electron chi connectivity index (χ2n) is 4.61. The summed E-state index contributed by atoms with van der Waals surface area (Å²) in [4.78, 5) is 0. The van der Waals surface area contributed by atoms with Gasteiger partial charge in [0.05, 0.1) is 0 Å². The maximum atomic E-state index is 8.92. The number of nitrogens with two attached hydrogens (primary N) is 1. The van der Waals surface area contributed by atoms with E-state index in [9.17, 15) is 0 Å². The second-order valence-corrected chi connectivity index (χ2v) is 4.61. The van der Waals surface area contributed by atoms with Crippen molar-refractivity contribution in [2.45, 2.75) is 19.4 Å². The van der Waals surface area contributed by atoms with Crippen molar-refractivity contribution in [1.82, 2.24) is 0 Å². The highest BCUT2D eigenvalue weighted by molar-refractivity contribution is 5.35. The van der Waals surface area contributed by atoms with E-state index in [2.05, 4.69) is 0 Å². The number of hydrogen-bond donors (Lipinski definition) is 2. The Hall–Kier alpha value is -1.84. The summed E-state index contributed by atoms with van der Waals surface area (Å²) in [5, 5.41) is 8.92. The number of aliphatic hydroxyl groups excluding tert-OH is 1. The fraction of sp³-hybridized carbons (Fsp3) is 0.250. The Kier molecular flexibility index (Phi) is 4.55. The quantitative estimate of drug-likeness (QED) is 0.865. The van der Waals surface area contributed by atoms with Crippen LogP contribution in [0, 0.1) is 6.92 Å². The first-order valence-electron chi connectivity index (χ1n) is 6.40. The maximum Gasteiger partial charge on any atom is 0.127 e. The minimum Gasteiger partial charge on any atom is -0.457 e. The van der Waals surface area contributed by atoms with Crippen LogP contribution in [0.3, 0.4) is 0 Å². The Morgan fingerprint density at radius 2 is 1.84 bits per heavy atom. The molecule has 3 heteroatoms. The molecule has 3 nitrogen and oxygen atoms in total. The van der Waals surface area contributed by atoms with E-state index in [1.54, 1.807) is 0 Å². The predicted molar refractivity (Wildman–Crippen MR) is 76.3 cm³/mol.